The Balaban J connectivity index is 2.35. The smallest absolute Gasteiger partial charge is 0.410 e. The number of anilines is 1. The van der Waals surface area contributed by atoms with Crippen molar-refractivity contribution in [3.8, 4) is 11.5 Å². The zero-order valence-electron chi connectivity index (χ0n) is 7.80. The maximum absolute atomic E-state index is 10.4. The van der Waals surface area contributed by atoms with Crippen molar-refractivity contribution in [1.82, 2.24) is 15.2 Å². The molecule has 0 bridgehead atoms. The molecule has 7 nitrogen and oxygen atoms in total. The SMILES string of the molecule is O=C(O)Nc1cc(-c2n[nH]c(=S)o2)ccn1. The molecule has 0 aliphatic carbocycles. The van der Waals surface area contributed by atoms with Gasteiger partial charge in [-0.25, -0.2) is 14.9 Å². The van der Waals surface area contributed by atoms with Gasteiger partial charge in [0.05, 0.1) is 0 Å². The zero-order valence-corrected chi connectivity index (χ0v) is 8.61. The monoisotopic (exact) mass is 238 g/mol. The Hall–Kier alpha value is -2.22. The largest absolute Gasteiger partial charge is 0.465 e. The number of amides is 1. The summed E-state index contributed by atoms with van der Waals surface area (Å²) in [4.78, 5) is 14.4. The lowest BCUT2D eigenvalue weighted by Crippen LogP contribution is -2.08. The van der Waals surface area contributed by atoms with Gasteiger partial charge in [-0.3, -0.25) is 5.32 Å². The van der Waals surface area contributed by atoms with Crippen molar-refractivity contribution in [1.29, 1.82) is 0 Å². The molecular weight excluding hydrogens is 232 g/mol. The Morgan fingerprint density at radius 2 is 2.44 bits per heavy atom. The van der Waals surface area contributed by atoms with Gasteiger partial charge in [-0.05, 0) is 24.4 Å². The Labute approximate surface area is 94.1 Å². The molecule has 0 fully saturated rings. The molecule has 0 aliphatic heterocycles. The summed E-state index contributed by atoms with van der Waals surface area (Å²) in [6.45, 7) is 0. The Bertz CT molecular complexity index is 576. The van der Waals surface area contributed by atoms with Crippen LogP contribution >= 0.6 is 12.2 Å². The minimum Gasteiger partial charge on any atom is -0.465 e. The lowest BCUT2D eigenvalue weighted by molar-refractivity contribution is 0.209. The van der Waals surface area contributed by atoms with E-state index in [1.807, 2.05) is 0 Å². The number of carboxylic acid groups (broad SMARTS) is 1. The fourth-order valence-electron chi connectivity index (χ4n) is 1.09. The van der Waals surface area contributed by atoms with E-state index in [1.54, 1.807) is 6.07 Å². The number of rotatable bonds is 2. The molecule has 0 unspecified atom stereocenters. The van der Waals surface area contributed by atoms with Gasteiger partial charge in [0, 0.05) is 11.8 Å². The molecule has 16 heavy (non-hydrogen) atoms. The van der Waals surface area contributed by atoms with Crippen LogP contribution in [0.2, 0.25) is 0 Å². The summed E-state index contributed by atoms with van der Waals surface area (Å²) in [6, 6.07) is 3.12. The maximum atomic E-state index is 10.4. The van der Waals surface area contributed by atoms with Crippen molar-refractivity contribution in [2.24, 2.45) is 0 Å². The second kappa shape index (κ2) is 4.11. The Morgan fingerprint density at radius 3 is 3.06 bits per heavy atom. The molecule has 2 heterocycles. The average molecular weight is 238 g/mol. The summed E-state index contributed by atoms with van der Waals surface area (Å²) in [5.41, 5.74) is 0.575. The molecule has 8 heteroatoms. The van der Waals surface area contributed by atoms with E-state index in [0.29, 0.717) is 5.56 Å². The third kappa shape index (κ3) is 2.23. The fraction of sp³-hybridized carbons (Fsp3) is 0. The van der Waals surface area contributed by atoms with E-state index in [0.717, 1.165) is 0 Å². The minimum atomic E-state index is -1.19. The molecule has 2 rings (SSSR count). The summed E-state index contributed by atoms with van der Waals surface area (Å²) >= 11 is 4.73. The highest BCUT2D eigenvalue weighted by molar-refractivity contribution is 7.71. The van der Waals surface area contributed by atoms with Crippen molar-refractivity contribution >= 4 is 24.1 Å². The molecular formula is C8H6N4O3S. The number of nitrogens with zero attached hydrogens (tertiary/aromatic N) is 2. The van der Waals surface area contributed by atoms with E-state index in [9.17, 15) is 4.79 Å². The molecule has 2 aromatic heterocycles. The first-order valence-electron chi connectivity index (χ1n) is 4.17. The standard InChI is InChI=1S/C8H6N4O3S/c13-7(14)10-5-3-4(1-2-9-5)6-11-12-8(16)15-6/h1-3H,(H,9,10)(H,12,16)(H,13,14). The number of carbonyl (C=O) groups is 1. The molecule has 0 aliphatic rings. The van der Waals surface area contributed by atoms with Crippen molar-refractivity contribution in [2.75, 3.05) is 5.32 Å². The quantitative estimate of drug-likeness (QED) is 0.690. The molecule has 0 aromatic carbocycles. The van der Waals surface area contributed by atoms with E-state index in [2.05, 4.69) is 20.5 Å². The molecule has 0 atom stereocenters. The molecule has 0 spiro atoms. The summed E-state index contributed by atoms with van der Waals surface area (Å²) in [5, 5.41) is 16.9. The van der Waals surface area contributed by atoms with Crippen molar-refractivity contribution in [3.63, 3.8) is 0 Å². The number of hydrogen-bond donors (Lipinski definition) is 3. The van der Waals surface area contributed by atoms with Crippen LogP contribution in [-0.4, -0.2) is 26.4 Å². The minimum absolute atomic E-state index is 0.152. The van der Waals surface area contributed by atoms with Gasteiger partial charge in [0.25, 0.3) is 4.84 Å². The topological polar surface area (TPSA) is 104 Å². The van der Waals surface area contributed by atoms with Crippen LogP contribution in [0.15, 0.2) is 22.7 Å². The second-order valence-electron chi connectivity index (χ2n) is 2.78. The average Bonchev–Trinajstić information content (AvgIpc) is 2.64. The third-order valence-electron chi connectivity index (χ3n) is 1.68. The molecule has 3 N–H and O–H groups in total. The van der Waals surface area contributed by atoms with Crippen LogP contribution in [0.1, 0.15) is 0 Å². The predicted octanol–water partition coefficient (Wildman–Crippen LogP) is 1.88. The molecule has 0 radical (unpaired) electrons. The van der Waals surface area contributed by atoms with E-state index in [-0.39, 0.29) is 16.5 Å². The van der Waals surface area contributed by atoms with Crippen LogP contribution in [-0.2, 0) is 0 Å². The van der Waals surface area contributed by atoms with Crippen molar-refractivity contribution in [3.05, 3.63) is 23.2 Å². The second-order valence-corrected chi connectivity index (χ2v) is 3.15. The molecule has 0 saturated heterocycles. The Kier molecular flexibility index (Phi) is 2.64. The van der Waals surface area contributed by atoms with Crippen molar-refractivity contribution < 1.29 is 14.3 Å². The van der Waals surface area contributed by atoms with E-state index >= 15 is 0 Å². The van der Waals surface area contributed by atoms with E-state index in [1.165, 1.54) is 12.3 Å². The van der Waals surface area contributed by atoms with E-state index < -0.39 is 6.09 Å². The van der Waals surface area contributed by atoms with Gasteiger partial charge in [0.1, 0.15) is 5.82 Å². The summed E-state index contributed by atoms with van der Waals surface area (Å²) < 4.78 is 5.07. The number of nitrogens with one attached hydrogen (secondary N) is 2. The van der Waals surface area contributed by atoms with Gasteiger partial charge in [-0.2, -0.15) is 0 Å². The number of hydrogen-bond acceptors (Lipinski definition) is 5. The normalized spacial score (nSPS) is 10.0. The van der Waals surface area contributed by atoms with Gasteiger partial charge < -0.3 is 9.52 Å². The molecule has 0 saturated carbocycles. The van der Waals surface area contributed by atoms with Gasteiger partial charge in [0.15, 0.2) is 0 Å². The maximum Gasteiger partial charge on any atom is 0.410 e. The van der Waals surface area contributed by atoms with Gasteiger partial charge >= 0.3 is 6.09 Å². The van der Waals surface area contributed by atoms with Crippen LogP contribution in [0.3, 0.4) is 0 Å². The molecule has 1 amide bonds. The van der Waals surface area contributed by atoms with Crippen LogP contribution < -0.4 is 5.32 Å². The number of aromatic amines is 1. The Morgan fingerprint density at radius 1 is 1.62 bits per heavy atom. The predicted molar refractivity (Wildman–Crippen MR) is 56.6 cm³/mol. The zero-order chi connectivity index (χ0) is 11.5. The lowest BCUT2D eigenvalue weighted by atomic mass is 10.2. The van der Waals surface area contributed by atoms with Crippen LogP contribution in [0.5, 0.6) is 0 Å². The summed E-state index contributed by atoms with van der Waals surface area (Å²) in [7, 11) is 0. The first-order chi connectivity index (χ1) is 7.65. The fourth-order valence-corrected chi connectivity index (χ4v) is 1.22. The van der Waals surface area contributed by atoms with Crippen LogP contribution in [0.4, 0.5) is 10.6 Å². The van der Waals surface area contributed by atoms with Gasteiger partial charge in [0.2, 0.25) is 5.89 Å². The third-order valence-corrected chi connectivity index (χ3v) is 1.85. The highest BCUT2D eigenvalue weighted by atomic mass is 32.1. The highest BCUT2D eigenvalue weighted by Gasteiger charge is 2.06. The first-order valence-corrected chi connectivity index (χ1v) is 4.58. The first kappa shape index (κ1) is 10.3. The van der Waals surface area contributed by atoms with Gasteiger partial charge in [-0.1, -0.05) is 0 Å². The lowest BCUT2D eigenvalue weighted by Gasteiger charge is -2.00. The number of H-pyrrole nitrogens is 1. The van der Waals surface area contributed by atoms with E-state index in [4.69, 9.17) is 21.7 Å². The van der Waals surface area contributed by atoms with Crippen molar-refractivity contribution in [2.45, 2.75) is 0 Å². The molecule has 82 valence electrons. The van der Waals surface area contributed by atoms with Gasteiger partial charge in [-0.15, -0.1) is 5.10 Å². The summed E-state index contributed by atoms with van der Waals surface area (Å²) in [5.74, 6) is 0.468. The number of aromatic nitrogens is 3. The number of pyridine rings is 1. The van der Waals surface area contributed by atoms with Crippen LogP contribution in [0.25, 0.3) is 11.5 Å². The van der Waals surface area contributed by atoms with Crippen LogP contribution in [0, 0.1) is 4.84 Å². The summed E-state index contributed by atoms with van der Waals surface area (Å²) in [6.07, 6.45) is 0.251. The highest BCUT2D eigenvalue weighted by Crippen LogP contribution is 2.18. The molecule has 2 aromatic rings.